The van der Waals surface area contributed by atoms with Crippen LogP contribution in [-0.4, -0.2) is 37.2 Å². The smallest absolute Gasteiger partial charge is 0.306 e. The van der Waals surface area contributed by atoms with Gasteiger partial charge >= 0.3 is 17.9 Å². The fourth-order valence-corrected chi connectivity index (χ4v) is 9.83. The molecule has 0 N–H and O–H groups in total. The Morgan fingerprint density at radius 3 is 0.764 bits per heavy atom. The van der Waals surface area contributed by atoms with E-state index in [-0.39, 0.29) is 31.1 Å². The molecule has 424 valence electrons. The molecule has 0 bridgehead atoms. The van der Waals surface area contributed by atoms with E-state index in [2.05, 4.69) is 45.1 Å². The summed E-state index contributed by atoms with van der Waals surface area (Å²) in [5, 5.41) is 0. The van der Waals surface area contributed by atoms with Gasteiger partial charge in [0.05, 0.1) is 0 Å². The molecule has 0 saturated carbocycles. The lowest BCUT2D eigenvalue weighted by Gasteiger charge is -2.18. The SMILES string of the molecule is CCCCCCC/C=C\C/C=C\CCCCCCCCCCCCCCCCCC(=O)OCC(COC(=O)CCCCCCCCCCCCC)OC(=O)CCCCCCCCCCCCCCCCCC. The molecule has 0 aliphatic carbocycles. The quantitative estimate of drug-likeness (QED) is 0.0261. The van der Waals surface area contributed by atoms with Crippen molar-refractivity contribution in [2.45, 2.75) is 367 Å². The maximum Gasteiger partial charge on any atom is 0.306 e. The van der Waals surface area contributed by atoms with E-state index in [0.29, 0.717) is 19.3 Å². The molecule has 1 atom stereocenters. The predicted octanol–water partition coefficient (Wildman–Crippen LogP) is 21.8. The molecule has 0 aromatic carbocycles. The highest BCUT2D eigenvalue weighted by atomic mass is 16.6. The molecule has 0 fully saturated rings. The standard InChI is InChI=1S/C66H124O6/c1-4-7-10-13-16-19-22-24-26-28-29-30-31-32-33-34-35-36-37-38-40-41-44-47-50-53-56-59-65(68)71-62-63(61-70-64(67)58-55-52-49-46-43-21-18-15-12-9-6-3)72-66(69)60-57-54-51-48-45-42-39-27-25-23-20-17-14-11-8-5-2/h22,24,28-29,63H,4-21,23,25-27,30-62H2,1-3H3/b24-22-,29-28-. The van der Waals surface area contributed by atoms with Crippen LogP contribution in [0.3, 0.4) is 0 Å². The molecule has 72 heavy (non-hydrogen) atoms. The number of rotatable bonds is 60. The number of carbonyl (C=O) groups excluding carboxylic acids is 3. The first-order chi connectivity index (χ1) is 35.5. The molecule has 6 heteroatoms. The summed E-state index contributed by atoms with van der Waals surface area (Å²) in [4.78, 5) is 38.2. The average Bonchev–Trinajstić information content (AvgIpc) is 3.38. The second-order valence-electron chi connectivity index (χ2n) is 22.0. The van der Waals surface area contributed by atoms with Gasteiger partial charge < -0.3 is 14.2 Å². The zero-order chi connectivity index (χ0) is 52.2. The molecule has 0 amide bonds. The van der Waals surface area contributed by atoms with Crippen LogP contribution in [0.4, 0.5) is 0 Å². The molecular formula is C66H124O6. The van der Waals surface area contributed by atoms with E-state index in [1.807, 2.05) is 0 Å². The van der Waals surface area contributed by atoms with Crippen LogP contribution < -0.4 is 0 Å². The zero-order valence-electron chi connectivity index (χ0n) is 48.7. The van der Waals surface area contributed by atoms with Crippen molar-refractivity contribution in [2.24, 2.45) is 0 Å². The van der Waals surface area contributed by atoms with E-state index >= 15 is 0 Å². The number of unbranched alkanes of at least 4 members (excludes halogenated alkanes) is 45. The Balaban J connectivity index is 4.15. The molecule has 0 spiro atoms. The maximum atomic E-state index is 12.9. The van der Waals surface area contributed by atoms with E-state index in [9.17, 15) is 14.4 Å². The summed E-state index contributed by atoms with van der Waals surface area (Å²) in [6.07, 6.45) is 73.4. The van der Waals surface area contributed by atoms with Gasteiger partial charge in [0.2, 0.25) is 0 Å². The first-order valence-electron chi connectivity index (χ1n) is 32.3. The number of carbonyl (C=O) groups is 3. The molecule has 1 unspecified atom stereocenters. The van der Waals surface area contributed by atoms with E-state index in [0.717, 1.165) is 64.2 Å². The predicted molar refractivity (Wildman–Crippen MR) is 312 cm³/mol. The Hall–Kier alpha value is -2.11. The molecule has 0 aliphatic rings. The van der Waals surface area contributed by atoms with Gasteiger partial charge in [0.1, 0.15) is 13.2 Å². The summed E-state index contributed by atoms with van der Waals surface area (Å²) in [5.41, 5.74) is 0. The molecule has 0 radical (unpaired) electrons. The van der Waals surface area contributed by atoms with Crippen LogP contribution in [-0.2, 0) is 28.6 Å². The summed E-state index contributed by atoms with van der Waals surface area (Å²) in [6.45, 7) is 6.69. The molecule has 0 heterocycles. The van der Waals surface area contributed by atoms with Gasteiger partial charge in [-0.15, -0.1) is 0 Å². The van der Waals surface area contributed by atoms with Gasteiger partial charge in [0.25, 0.3) is 0 Å². The molecule has 0 aromatic heterocycles. The Labute approximate surface area is 449 Å². The summed E-state index contributed by atoms with van der Waals surface area (Å²) < 4.78 is 16.9. The van der Waals surface area contributed by atoms with Crippen molar-refractivity contribution < 1.29 is 28.6 Å². The third-order valence-electron chi connectivity index (χ3n) is 14.7. The largest absolute Gasteiger partial charge is 0.462 e. The zero-order valence-corrected chi connectivity index (χ0v) is 48.7. The van der Waals surface area contributed by atoms with Gasteiger partial charge in [-0.1, -0.05) is 315 Å². The summed E-state index contributed by atoms with van der Waals surface area (Å²) in [5.74, 6) is -0.838. The number of allylic oxidation sites excluding steroid dienone is 4. The van der Waals surface area contributed by atoms with Crippen LogP contribution >= 0.6 is 0 Å². The van der Waals surface area contributed by atoms with Crippen molar-refractivity contribution in [3.8, 4) is 0 Å². The van der Waals surface area contributed by atoms with Crippen molar-refractivity contribution in [2.75, 3.05) is 13.2 Å². The Kier molecular flexibility index (Phi) is 59.6. The fraction of sp³-hybridized carbons (Fsp3) is 0.894. The lowest BCUT2D eigenvalue weighted by atomic mass is 10.0. The minimum atomic E-state index is -0.765. The number of ether oxygens (including phenoxy) is 3. The maximum absolute atomic E-state index is 12.9. The molecule has 0 aromatic rings. The van der Waals surface area contributed by atoms with Crippen LogP contribution in [0.25, 0.3) is 0 Å². The van der Waals surface area contributed by atoms with Crippen LogP contribution in [0.5, 0.6) is 0 Å². The van der Waals surface area contributed by atoms with Crippen molar-refractivity contribution in [1.29, 1.82) is 0 Å². The van der Waals surface area contributed by atoms with E-state index in [1.165, 1.54) is 257 Å². The number of esters is 3. The van der Waals surface area contributed by atoms with Gasteiger partial charge in [-0.05, 0) is 51.4 Å². The van der Waals surface area contributed by atoms with Gasteiger partial charge in [-0.3, -0.25) is 14.4 Å². The summed E-state index contributed by atoms with van der Waals surface area (Å²) in [6, 6.07) is 0. The third-order valence-corrected chi connectivity index (χ3v) is 14.7. The molecular weight excluding hydrogens is 889 g/mol. The second-order valence-corrected chi connectivity index (χ2v) is 22.0. The molecule has 6 nitrogen and oxygen atoms in total. The Bertz CT molecular complexity index is 1160. The van der Waals surface area contributed by atoms with Crippen LogP contribution in [0, 0.1) is 0 Å². The monoisotopic (exact) mass is 1010 g/mol. The van der Waals surface area contributed by atoms with Crippen molar-refractivity contribution in [3.05, 3.63) is 24.3 Å². The highest BCUT2D eigenvalue weighted by Gasteiger charge is 2.19. The lowest BCUT2D eigenvalue weighted by Crippen LogP contribution is -2.30. The van der Waals surface area contributed by atoms with Crippen molar-refractivity contribution in [3.63, 3.8) is 0 Å². The van der Waals surface area contributed by atoms with Crippen molar-refractivity contribution >= 4 is 17.9 Å². The highest BCUT2D eigenvalue weighted by molar-refractivity contribution is 5.71. The van der Waals surface area contributed by atoms with Gasteiger partial charge in [-0.2, -0.15) is 0 Å². The third kappa shape index (κ3) is 58.8. The van der Waals surface area contributed by atoms with Crippen LogP contribution in [0.15, 0.2) is 24.3 Å². The number of hydrogen-bond donors (Lipinski definition) is 0. The first-order valence-corrected chi connectivity index (χ1v) is 32.3. The minimum Gasteiger partial charge on any atom is -0.462 e. The normalized spacial score (nSPS) is 12.1. The van der Waals surface area contributed by atoms with E-state index < -0.39 is 6.10 Å². The van der Waals surface area contributed by atoms with Gasteiger partial charge in [-0.25, -0.2) is 0 Å². The Morgan fingerprint density at radius 2 is 0.500 bits per heavy atom. The van der Waals surface area contributed by atoms with Gasteiger partial charge in [0.15, 0.2) is 6.10 Å². The first kappa shape index (κ1) is 69.9. The average molecular weight is 1010 g/mol. The highest BCUT2D eigenvalue weighted by Crippen LogP contribution is 2.18. The summed E-state index contributed by atoms with van der Waals surface area (Å²) in [7, 11) is 0. The fourth-order valence-electron chi connectivity index (χ4n) is 9.83. The second kappa shape index (κ2) is 61.4. The van der Waals surface area contributed by atoms with Crippen LogP contribution in [0.1, 0.15) is 361 Å². The van der Waals surface area contributed by atoms with Crippen molar-refractivity contribution in [1.82, 2.24) is 0 Å². The molecule has 0 saturated heterocycles. The lowest BCUT2D eigenvalue weighted by molar-refractivity contribution is -0.167. The topological polar surface area (TPSA) is 78.9 Å². The molecule has 0 rings (SSSR count). The minimum absolute atomic E-state index is 0.0643. The number of hydrogen-bond acceptors (Lipinski definition) is 6. The van der Waals surface area contributed by atoms with E-state index in [4.69, 9.17) is 14.2 Å². The molecule has 0 aliphatic heterocycles. The Morgan fingerprint density at radius 1 is 0.278 bits per heavy atom. The van der Waals surface area contributed by atoms with E-state index in [1.54, 1.807) is 0 Å². The summed E-state index contributed by atoms with van der Waals surface area (Å²) >= 11 is 0. The van der Waals surface area contributed by atoms with Crippen LogP contribution in [0.2, 0.25) is 0 Å². The van der Waals surface area contributed by atoms with Gasteiger partial charge in [0, 0.05) is 19.3 Å².